The summed E-state index contributed by atoms with van der Waals surface area (Å²) >= 11 is 0. The van der Waals surface area contributed by atoms with Crippen LogP contribution >= 0.6 is 0 Å². The number of nitrogens with one attached hydrogen (secondary N) is 2. The maximum atomic E-state index is 13.3. The first-order valence-corrected chi connectivity index (χ1v) is 9.57. The van der Waals surface area contributed by atoms with Crippen molar-refractivity contribution in [2.24, 2.45) is 0 Å². The van der Waals surface area contributed by atoms with Gasteiger partial charge in [-0.15, -0.1) is 0 Å². The van der Waals surface area contributed by atoms with Gasteiger partial charge in [0.2, 0.25) is 5.95 Å². The molecule has 3 aromatic carbocycles. The third-order valence-corrected chi connectivity index (χ3v) is 4.86. The van der Waals surface area contributed by atoms with Gasteiger partial charge in [-0.25, -0.2) is 4.39 Å². The number of ether oxygens (including phenoxy) is 1. The van der Waals surface area contributed by atoms with E-state index in [4.69, 9.17) is 10.5 Å². The molecule has 2 heterocycles. The monoisotopic (exact) mass is 415 g/mol. The van der Waals surface area contributed by atoms with Gasteiger partial charge in [0.15, 0.2) is 0 Å². The summed E-state index contributed by atoms with van der Waals surface area (Å²) < 4.78 is 19.0. The molecule has 8 heteroatoms. The molecule has 0 spiro atoms. The highest BCUT2D eigenvalue weighted by Crippen LogP contribution is 2.33. The van der Waals surface area contributed by atoms with Crippen LogP contribution in [0.3, 0.4) is 0 Å². The number of anilines is 3. The third-order valence-electron chi connectivity index (χ3n) is 4.86. The van der Waals surface area contributed by atoms with Crippen molar-refractivity contribution >= 4 is 39.4 Å². The molecular weight excluding hydrogens is 397 g/mol. The summed E-state index contributed by atoms with van der Waals surface area (Å²) in [7, 11) is 0. The number of phenols is 1. The Balaban J connectivity index is 1.40. The first-order chi connectivity index (χ1) is 15.0. The number of hydrogen-bond donors (Lipinski definition) is 4. The third kappa shape index (κ3) is 3.78. The second kappa shape index (κ2) is 7.49. The van der Waals surface area contributed by atoms with Crippen molar-refractivity contribution in [1.82, 2.24) is 15.0 Å². The molecule has 5 aromatic rings. The van der Waals surface area contributed by atoms with Gasteiger partial charge in [-0.1, -0.05) is 12.1 Å². The van der Waals surface area contributed by atoms with E-state index in [0.717, 1.165) is 27.5 Å². The Kier molecular flexibility index (Phi) is 4.51. The first kappa shape index (κ1) is 18.7. The van der Waals surface area contributed by atoms with E-state index in [1.807, 2.05) is 30.3 Å². The Morgan fingerprint density at radius 1 is 1.03 bits per heavy atom. The quantitative estimate of drug-likeness (QED) is 0.326. The Hall–Kier alpha value is -4.33. The zero-order valence-corrected chi connectivity index (χ0v) is 16.3. The van der Waals surface area contributed by atoms with Gasteiger partial charge in [-0.2, -0.15) is 9.97 Å². The SMILES string of the molecule is Nc1nc(Nc2ccc(OCc3cccc(F)c3)cc2)c2c(n1)[nH]c1ccc(O)cc12. The summed E-state index contributed by atoms with van der Waals surface area (Å²) in [6.07, 6.45) is 0. The molecule has 0 fully saturated rings. The van der Waals surface area contributed by atoms with Crippen LogP contribution in [0.1, 0.15) is 5.56 Å². The molecule has 7 nitrogen and oxygen atoms in total. The number of nitrogens with two attached hydrogens (primary N) is 1. The molecule has 0 radical (unpaired) electrons. The van der Waals surface area contributed by atoms with E-state index in [0.29, 0.717) is 17.2 Å². The van der Waals surface area contributed by atoms with Crippen molar-refractivity contribution in [2.75, 3.05) is 11.1 Å². The van der Waals surface area contributed by atoms with Gasteiger partial charge in [0.25, 0.3) is 0 Å². The zero-order valence-electron chi connectivity index (χ0n) is 16.3. The van der Waals surface area contributed by atoms with E-state index in [1.54, 1.807) is 24.3 Å². The number of halogens is 1. The summed E-state index contributed by atoms with van der Waals surface area (Å²) in [5.74, 6) is 1.16. The van der Waals surface area contributed by atoms with Gasteiger partial charge >= 0.3 is 0 Å². The zero-order chi connectivity index (χ0) is 21.4. The number of rotatable bonds is 5. The van der Waals surface area contributed by atoms with Crippen LogP contribution in [-0.2, 0) is 6.61 Å². The van der Waals surface area contributed by atoms with Gasteiger partial charge in [0.1, 0.15) is 35.4 Å². The number of aromatic amines is 1. The van der Waals surface area contributed by atoms with Crippen molar-refractivity contribution < 1.29 is 14.2 Å². The van der Waals surface area contributed by atoms with E-state index in [2.05, 4.69) is 20.3 Å². The highest BCUT2D eigenvalue weighted by Gasteiger charge is 2.14. The van der Waals surface area contributed by atoms with Gasteiger partial charge in [0.05, 0.1) is 5.39 Å². The maximum Gasteiger partial charge on any atom is 0.224 e. The maximum absolute atomic E-state index is 13.3. The minimum Gasteiger partial charge on any atom is -0.508 e. The average molecular weight is 415 g/mol. The standard InChI is InChI=1S/C23H18FN5O2/c24-14-3-1-2-13(10-14)12-31-17-7-4-15(5-8-17)26-21-20-18-11-16(30)6-9-19(18)27-22(20)29-23(25)28-21/h1-11,30H,12H2,(H4,25,26,27,28,29). The van der Waals surface area contributed by atoms with Crippen LogP contribution in [0.5, 0.6) is 11.5 Å². The molecule has 154 valence electrons. The molecule has 0 saturated heterocycles. The Morgan fingerprint density at radius 3 is 2.68 bits per heavy atom. The summed E-state index contributed by atoms with van der Waals surface area (Å²) in [4.78, 5) is 11.8. The summed E-state index contributed by atoms with van der Waals surface area (Å²) in [5, 5.41) is 14.7. The Bertz CT molecular complexity index is 1400. The van der Waals surface area contributed by atoms with E-state index in [-0.39, 0.29) is 24.1 Å². The number of nitrogen functional groups attached to an aromatic ring is 1. The summed E-state index contributed by atoms with van der Waals surface area (Å²) in [5.41, 5.74) is 8.80. The number of benzene rings is 3. The number of phenolic OH excluding ortho intramolecular Hbond substituents is 1. The number of fused-ring (bicyclic) bond motifs is 3. The normalized spacial score (nSPS) is 11.1. The predicted molar refractivity (Wildman–Crippen MR) is 118 cm³/mol. The lowest BCUT2D eigenvalue weighted by atomic mass is 10.2. The lowest BCUT2D eigenvalue weighted by Crippen LogP contribution is -2.01. The molecule has 5 rings (SSSR count). The van der Waals surface area contributed by atoms with E-state index in [1.165, 1.54) is 12.1 Å². The molecule has 5 N–H and O–H groups in total. The minimum atomic E-state index is -0.290. The van der Waals surface area contributed by atoms with E-state index in [9.17, 15) is 9.50 Å². The first-order valence-electron chi connectivity index (χ1n) is 9.57. The number of aromatic nitrogens is 3. The lowest BCUT2D eigenvalue weighted by molar-refractivity contribution is 0.305. The van der Waals surface area contributed by atoms with Crippen LogP contribution in [0.2, 0.25) is 0 Å². The summed E-state index contributed by atoms with van der Waals surface area (Å²) in [6, 6.07) is 18.6. The highest BCUT2D eigenvalue weighted by molar-refractivity contribution is 6.12. The Morgan fingerprint density at radius 2 is 1.87 bits per heavy atom. The summed E-state index contributed by atoms with van der Waals surface area (Å²) in [6.45, 7) is 0.270. The average Bonchev–Trinajstić information content (AvgIpc) is 3.10. The number of hydrogen-bond acceptors (Lipinski definition) is 6. The fraction of sp³-hybridized carbons (Fsp3) is 0.0435. The van der Waals surface area contributed by atoms with Gasteiger partial charge in [0, 0.05) is 16.6 Å². The molecule has 0 bridgehead atoms. The lowest BCUT2D eigenvalue weighted by Gasteiger charge is -2.10. The van der Waals surface area contributed by atoms with Crippen LogP contribution in [0, 0.1) is 5.82 Å². The fourth-order valence-electron chi connectivity index (χ4n) is 3.45. The Labute approximate surface area is 176 Å². The van der Waals surface area contributed by atoms with Crippen LogP contribution in [-0.4, -0.2) is 20.1 Å². The van der Waals surface area contributed by atoms with Crippen molar-refractivity contribution in [3.8, 4) is 11.5 Å². The van der Waals surface area contributed by atoms with Gasteiger partial charge in [-0.3, -0.25) is 0 Å². The second-order valence-electron chi connectivity index (χ2n) is 7.08. The van der Waals surface area contributed by atoms with Crippen LogP contribution in [0.25, 0.3) is 21.9 Å². The van der Waals surface area contributed by atoms with Crippen molar-refractivity contribution in [3.05, 3.63) is 78.1 Å². The molecule has 0 atom stereocenters. The molecular formula is C23H18FN5O2. The molecule has 2 aromatic heterocycles. The predicted octanol–water partition coefficient (Wildman–Crippen LogP) is 4.86. The molecule has 0 amide bonds. The topological polar surface area (TPSA) is 109 Å². The second-order valence-corrected chi connectivity index (χ2v) is 7.08. The molecule has 0 aliphatic heterocycles. The highest BCUT2D eigenvalue weighted by atomic mass is 19.1. The van der Waals surface area contributed by atoms with E-state index < -0.39 is 0 Å². The number of H-pyrrole nitrogens is 1. The fourth-order valence-corrected chi connectivity index (χ4v) is 3.45. The smallest absolute Gasteiger partial charge is 0.224 e. The molecule has 0 aliphatic rings. The van der Waals surface area contributed by atoms with Crippen LogP contribution in [0.15, 0.2) is 66.7 Å². The molecule has 31 heavy (non-hydrogen) atoms. The number of nitrogens with zero attached hydrogens (tertiary/aromatic N) is 2. The number of aromatic hydroxyl groups is 1. The molecule has 0 aliphatic carbocycles. The van der Waals surface area contributed by atoms with Crippen LogP contribution < -0.4 is 15.8 Å². The van der Waals surface area contributed by atoms with Crippen molar-refractivity contribution in [3.63, 3.8) is 0 Å². The minimum absolute atomic E-state index is 0.126. The molecule has 0 unspecified atom stereocenters. The van der Waals surface area contributed by atoms with Gasteiger partial charge in [-0.05, 0) is 60.2 Å². The van der Waals surface area contributed by atoms with Crippen molar-refractivity contribution in [2.45, 2.75) is 6.61 Å². The largest absolute Gasteiger partial charge is 0.508 e. The van der Waals surface area contributed by atoms with E-state index >= 15 is 0 Å². The van der Waals surface area contributed by atoms with Crippen molar-refractivity contribution in [1.29, 1.82) is 0 Å². The van der Waals surface area contributed by atoms with Gasteiger partial charge < -0.3 is 25.9 Å². The molecule has 0 saturated carbocycles. The van der Waals surface area contributed by atoms with Crippen LogP contribution in [0.4, 0.5) is 21.8 Å².